The number of nitrogens with one attached hydrogen (secondary N) is 1. The summed E-state index contributed by atoms with van der Waals surface area (Å²) in [5, 5.41) is 11.4. The largest absolute Gasteiger partial charge is 0.480 e. The second-order valence-electron chi connectivity index (χ2n) is 4.85. The third-order valence-corrected chi connectivity index (χ3v) is 4.75. The lowest BCUT2D eigenvalue weighted by Crippen LogP contribution is -2.71. The van der Waals surface area contributed by atoms with Gasteiger partial charge in [0, 0.05) is 4.75 Å². The van der Waals surface area contributed by atoms with Crippen molar-refractivity contribution in [3.63, 3.8) is 0 Å². The number of carboxylic acids is 1. The fourth-order valence-corrected chi connectivity index (χ4v) is 4.00. The Bertz CT molecular complexity index is 425. The standard InChI is InChI=1S/C10H15N3O4S/c1-10(2)6(9(16)17)13-7(15)5(8(13)18-10)12-4(14)3-11/h5-6,8H,3,11H2,1-2H3,(H,12,14)(H,16,17). The van der Waals surface area contributed by atoms with E-state index >= 15 is 0 Å². The summed E-state index contributed by atoms with van der Waals surface area (Å²) >= 11 is 1.39. The third-order valence-electron chi connectivity index (χ3n) is 3.18. The van der Waals surface area contributed by atoms with Crippen LogP contribution in [0.25, 0.3) is 0 Å². The molecule has 18 heavy (non-hydrogen) atoms. The van der Waals surface area contributed by atoms with Gasteiger partial charge in [-0.3, -0.25) is 9.59 Å². The third kappa shape index (κ3) is 1.76. The zero-order valence-corrected chi connectivity index (χ0v) is 10.9. The van der Waals surface area contributed by atoms with Crippen LogP contribution in [0.2, 0.25) is 0 Å². The molecule has 0 spiro atoms. The number of hydrogen-bond donors (Lipinski definition) is 3. The molecule has 2 rings (SSSR count). The molecule has 3 atom stereocenters. The predicted molar refractivity (Wildman–Crippen MR) is 64.7 cm³/mol. The molecule has 2 aliphatic heterocycles. The lowest BCUT2D eigenvalue weighted by atomic mass is 9.96. The summed E-state index contributed by atoms with van der Waals surface area (Å²) in [5.41, 5.74) is 5.17. The Labute approximate surface area is 108 Å². The molecule has 8 heteroatoms. The number of carbonyl (C=O) groups excluding carboxylic acids is 2. The molecule has 0 radical (unpaired) electrons. The topological polar surface area (TPSA) is 113 Å². The fraction of sp³-hybridized carbons (Fsp3) is 0.700. The van der Waals surface area contributed by atoms with E-state index in [0.717, 1.165) is 0 Å². The summed E-state index contributed by atoms with van der Waals surface area (Å²) in [6, 6.07) is -1.51. The number of nitrogens with two attached hydrogens (primary N) is 1. The highest BCUT2D eigenvalue weighted by Crippen LogP contribution is 2.50. The van der Waals surface area contributed by atoms with Crippen molar-refractivity contribution in [3.05, 3.63) is 0 Å². The van der Waals surface area contributed by atoms with Crippen LogP contribution in [0.3, 0.4) is 0 Å². The quantitative estimate of drug-likeness (QED) is 0.544. The number of aliphatic carboxylic acids is 1. The number of thioether (sulfide) groups is 1. The summed E-state index contributed by atoms with van der Waals surface area (Å²) in [6.45, 7) is 3.38. The van der Waals surface area contributed by atoms with Crippen LogP contribution in [0.5, 0.6) is 0 Å². The first-order chi connectivity index (χ1) is 8.29. The molecule has 0 aromatic rings. The Balaban J connectivity index is 2.16. The van der Waals surface area contributed by atoms with Gasteiger partial charge in [-0.15, -0.1) is 11.8 Å². The Morgan fingerprint density at radius 3 is 2.67 bits per heavy atom. The van der Waals surface area contributed by atoms with Crippen molar-refractivity contribution in [1.82, 2.24) is 10.2 Å². The van der Waals surface area contributed by atoms with E-state index in [-0.39, 0.29) is 17.8 Å². The van der Waals surface area contributed by atoms with Crippen molar-refractivity contribution in [2.45, 2.75) is 36.1 Å². The lowest BCUT2D eigenvalue weighted by Gasteiger charge is -2.43. The van der Waals surface area contributed by atoms with E-state index in [1.807, 2.05) is 0 Å². The van der Waals surface area contributed by atoms with Crippen LogP contribution < -0.4 is 11.1 Å². The monoisotopic (exact) mass is 273 g/mol. The van der Waals surface area contributed by atoms with Gasteiger partial charge in [-0.2, -0.15) is 0 Å². The Hall–Kier alpha value is -1.28. The number of nitrogens with zero attached hydrogens (tertiary/aromatic N) is 1. The smallest absolute Gasteiger partial charge is 0.327 e. The molecule has 0 bridgehead atoms. The molecule has 2 amide bonds. The average Bonchev–Trinajstić information content (AvgIpc) is 2.54. The molecule has 3 unspecified atom stereocenters. The van der Waals surface area contributed by atoms with Gasteiger partial charge in [-0.1, -0.05) is 0 Å². The fourth-order valence-electron chi connectivity index (χ4n) is 2.38. The van der Waals surface area contributed by atoms with Gasteiger partial charge in [0.05, 0.1) is 6.54 Å². The summed E-state index contributed by atoms with van der Waals surface area (Å²) in [6.07, 6.45) is 0. The molecule has 100 valence electrons. The Kier molecular flexibility index (Phi) is 3.02. The van der Waals surface area contributed by atoms with Crippen LogP contribution in [-0.4, -0.2) is 56.5 Å². The number of rotatable bonds is 3. The second-order valence-corrected chi connectivity index (χ2v) is 6.62. The number of β-lactam (4-membered cyclic amide) rings is 1. The van der Waals surface area contributed by atoms with Crippen LogP contribution in [0, 0.1) is 0 Å². The summed E-state index contributed by atoms with van der Waals surface area (Å²) in [4.78, 5) is 35.6. The van der Waals surface area contributed by atoms with Gasteiger partial charge in [0.1, 0.15) is 17.5 Å². The normalized spacial score (nSPS) is 32.7. The molecule has 0 aliphatic carbocycles. The molecular weight excluding hydrogens is 258 g/mol. The molecule has 2 aliphatic rings. The predicted octanol–water partition coefficient (Wildman–Crippen LogP) is -1.42. The molecule has 0 aromatic carbocycles. The van der Waals surface area contributed by atoms with Crippen molar-refractivity contribution >= 4 is 29.5 Å². The van der Waals surface area contributed by atoms with Crippen LogP contribution in [-0.2, 0) is 14.4 Å². The van der Waals surface area contributed by atoms with Crippen LogP contribution in [0.15, 0.2) is 0 Å². The van der Waals surface area contributed by atoms with E-state index in [1.54, 1.807) is 13.8 Å². The van der Waals surface area contributed by atoms with Crippen LogP contribution in [0.4, 0.5) is 0 Å². The van der Waals surface area contributed by atoms with E-state index < -0.39 is 28.7 Å². The molecule has 2 heterocycles. The Morgan fingerprint density at radius 2 is 2.17 bits per heavy atom. The minimum atomic E-state index is -1.02. The van der Waals surface area contributed by atoms with Crippen molar-refractivity contribution in [2.75, 3.05) is 6.54 Å². The van der Waals surface area contributed by atoms with E-state index in [9.17, 15) is 19.5 Å². The van der Waals surface area contributed by atoms with Crippen molar-refractivity contribution in [3.8, 4) is 0 Å². The average molecular weight is 273 g/mol. The van der Waals surface area contributed by atoms with Gasteiger partial charge >= 0.3 is 5.97 Å². The summed E-state index contributed by atoms with van der Waals surface area (Å²) < 4.78 is -0.575. The van der Waals surface area contributed by atoms with E-state index in [1.165, 1.54) is 16.7 Å². The highest BCUT2D eigenvalue weighted by atomic mass is 32.2. The molecule has 2 saturated heterocycles. The van der Waals surface area contributed by atoms with E-state index in [0.29, 0.717) is 0 Å². The maximum absolute atomic E-state index is 11.9. The maximum atomic E-state index is 11.9. The summed E-state index contributed by atoms with van der Waals surface area (Å²) in [7, 11) is 0. The van der Waals surface area contributed by atoms with Crippen LogP contribution >= 0.6 is 11.8 Å². The molecule has 0 aromatic heterocycles. The van der Waals surface area contributed by atoms with Crippen molar-refractivity contribution < 1.29 is 19.5 Å². The van der Waals surface area contributed by atoms with Gasteiger partial charge in [0.2, 0.25) is 11.8 Å². The van der Waals surface area contributed by atoms with Crippen LogP contribution in [0.1, 0.15) is 13.8 Å². The van der Waals surface area contributed by atoms with Gasteiger partial charge in [0.25, 0.3) is 0 Å². The first-order valence-corrected chi connectivity index (χ1v) is 6.40. The Morgan fingerprint density at radius 1 is 1.56 bits per heavy atom. The highest BCUT2D eigenvalue weighted by molar-refractivity contribution is 8.01. The lowest BCUT2D eigenvalue weighted by molar-refractivity contribution is -0.161. The minimum absolute atomic E-state index is 0.188. The maximum Gasteiger partial charge on any atom is 0.327 e. The van der Waals surface area contributed by atoms with Gasteiger partial charge in [0.15, 0.2) is 0 Å². The number of carbonyl (C=O) groups is 3. The number of hydrogen-bond acceptors (Lipinski definition) is 5. The first-order valence-electron chi connectivity index (χ1n) is 5.52. The highest BCUT2D eigenvalue weighted by Gasteiger charge is 2.64. The number of carboxylic acid groups (broad SMARTS) is 1. The number of amides is 2. The number of fused-ring (bicyclic) bond motifs is 1. The molecule has 0 saturated carbocycles. The minimum Gasteiger partial charge on any atom is -0.480 e. The SMILES string of the molecule is CC1(C)SC2C(NC(=O)CN)C(=O)N2C1C(=O)O. The first kappa shape index (κ1) is 13.2. The molecular formula is C10H15N3O4S. The molecule has 7 nitrogen and oxygen atoms in total. The molecule has 4 N–H and O–H groups in total. The second kappa shape index (κ2) is 4.13. The van der Waals surface area contributed by atoms with Crippen molar-refractivity contribution in [2.24, 2.45) is 5.73 Å². The molecule has 2 fully saturated rings. The van der Waals surface area contributed by atoms with Gasteiger partial charge in [-0.05, 0) is 13.8 Å². The van der Waals surface area contributed by atoms with Crippen molar-refractivity contribution in [1.29, 1.82) is 0 Å². The zero-order chi connectivity index (χ0) is 13.7. The van der Waals surface area contributed by atoms with Gasteiger partial charge in [-0.25, -0.2) is 4.79 Å². The van der Waals surface area contributed by atoms with E-state index in [4.69, 9.17) is 5.73 Å². The van der Waals surface area contributed by atoms with Gasteiger partial charge < -0.3 is 21.1 Å². The summed E-state index contributed by atoms with van der Waals surface area (Å²) in [5.74, 6) is -1.79. The van der Waals surface area contributed by atoms with E-state index in [2.05, 4.69) is 5.32 Å². The zero-order valence-electron chi connectivity index (χ0n) is 10.0.